The number of nitrogens with zero attached hydrogens (tertiary/aromatic N) is 2. The highest BCUT2D eigenvalue weighted by molar-refractivity contribution is 9.11. The van der Waals surface area contributed by atoms with Gasteiger partial charge in [0.1, 0.15) is 5.75 Å². The molecule has 17 heavy (non-hydrogen) atoms. The van der Waals surface area contributed by atoms with Gasteiger partial charge in [-0.1, -0.05) is 5.10 Å². The number of hydrogen-bond donors (Lipinski definition) is 0. The van der Waals surface area contributed by atoms with Crippen LogP contribution in [0.1, 0.15) is 5.56 Å². The molecule has 0 aliphatic rings. The lowest BCUT2D eigenvalue weighted by Gasteiger charge is -2.06. The van der Waals surface area contributed by atoms with Crippen LogP contribution in [0.2, 0.25) is 0 Å². The van der Waals surface area contributed by atoms with Crippen molar-refractivity contribution < 1.29 is 17.9 Å². The minimum atomic E-state index is -4.34. The fourth-order valence-corrected chi connectivity index (χ4v) is 1.99. The lowest BCUT2D eigenvalue weighted by atomic mass is 10.2. The van der Waals surface area contributed by atoms with Crippen molar-refractivity contribution in [2.75, 3.05) is 0 Å². The van der Waals surface area contributed by atoms with Gasteiger partial charge in [-0.3, -0.25) is 0 Å². The van der Waals surface area contributed by atoms with Gasteiger partial charge in [-0.2, -0.15) is 13.2 Å². The summed E-state index contributed by atoms with van der Waals surface area (Å²) in [7, 11) is 0. The summed E-state index contributed by atoms with van der Waals surface area (Å²) in [6.45, 7) is 0. The molecule has 1 aromatic carbocycles. The van der Waals surface area contributed by atoms with Gasteiger partial charge >= 0.3 is 6.18 Å². The average molecular weight is 325 g/mol. The molecule has 1 heterocycles. The van der Waals surface area contributed by atoms with Gasteiger partial charge in [-0.05, 0) is 51.5 Å². The van der Waals surface area contributed by atoms with E-state index >= 15 is 0 Å². The molecule has 1 aromatic heterocycles. The van der Waals surface area contributed by atoms with E-state index in [1.165, 1.54) is 12.1 Å². The lowest BCUT2D eigenvalue weighted by molar-refractivity contribution is -0.137. The number of hydrogen-bond acceptors (Lipinski definition) is 4. The third-order valence-electron chi connectivity index (χ3n) is 1.77. The minimum absolute atomic E-state index is 0.261. The van der Waals surface area contributed by atoms with Crippen molar-refractivity contribution in [3.8, 4) is 10.9 Å². The van der Waals surface area contributed by atoms with Crippen molar-refractivity contribution in [3.05, 3.63) is 33.7 Å². The molecule has 2 rings (SSSR count). The third-order valence-corrected chi connectivity index (χ3v) is 3.00. The van der Waals surface area contributed by atoms with E-state index in [0.717, 1.165) is 23.5 Å². The first-order valence-electron chi connectivity index (χ1n) is 4.29. The number of rotatable bonds is 2. The van der Waals surface area contributed by atoms with Gasteiger partial charge in [0, 0.05) is 0 Å². The molecule has 8 heteroatoms. The van der Waals surface area contributed by atoms with Crippen LogP contribution in [0.4, 0.5) is 13.2 Å². The van der Waals surface area contributed by atoms with Crippen LogP contribution in [0.25, 0.3) is 0 Å². The molecule has 0 spiro atoms. The molecule has 0 bridgehead atoms. The lowest BCUT2D eigenvalue weighted by Crippen LogP contribution is -2.03. The Morgan fingerprint density at radius 3 is 2.24 bits per heavy atom. The Balaban J connectivity index is 2.13. The van der Waals surface area contributed by atoms with Crippen LogP contribution in [-0.2, 0) is 6.18 Å². The van der Waals surface area contributed by atoms with Gasteiger partial charge in [0.25, 0.3) is 5.19 Å². The summed E-state index contributed by atoms with van der Waals surface area (Å²) >= 11 is 4.24. The van der Waals surface area contributed by atoms with Crippen molar-refractivity contribution in [1.82, 2.24) is 10.2 Å². The molecule has 0 unspecified atom stereocenters. The zero-order valence-corrected chi connectivity index (χ0v) is 10.4. The van der Waals surface area contributed by atoms with Crippen molar-refractivity contribution in [1.29, 1.82) is 0 Å². The van der Waals surface area contributed by atoms with Crippen molar-refractivity contribution in [2.45, 2.75) is 6.18 Å². The molecule has 0 N–H and O–H groups in total. The van der Waals surface area contributed by atoms with Gasteiger partial charge < -0.3 is 4.74 Å². The molecule has 0 amide bonds. The maximum atomic E-state index is 12.3. The summed E-state index contributed by atoms with van der Waals surface area (Å²) < 4.78 is 42.6. The topological polar surface area (TPSA) is 35.0 Å². The normalized spacial score (nSPS) is 11.5. The first-order valence-corrected chi connectivity index (χ1v) is 5.90. The second-order valence-corrected chi connectivity index (χ2v) is 5.16. The maximum Gasteiger partial charge on any atom is 0.416 e. The number of benzene rings is 1. The van der Waals surface area contributed by atoms with Gasteiger partial charge in [-0.25, -0.2) is 0 Å². The van der Waals surface area contributed by atoms with E-state index in [0.29, 0.717) is 3.92 Å². The number of halogens is 4. The van der Waals surface area contributed by atoms with Crippen LogP contribution in [0.5, 0.6) is 10.9 Å². The number of aromatic nitrogens is 2. The zero-order valence-electron chi connectivity index (χ0n) is 8.03. The summed E-state index contributed by atoms with van der Waals surface area (Å²) in [5, 5.41) is 7.57. The predicted molar refractivity (Wildman–Crippen MR) is 59.1 cm³/mol. The molecule has 0 fully saturated rings. The molecule has 0 saturated heterocycles. The second-order valence-electron chi connectivity index (χ2n) is 2.95. The molecule has 2 aromatic rings. The van der Waals surface area contributed by atoms with Crippen LogP contribution in [0.3, 0.4) is 0 Å². The van der Waals surface area contributed by atoms with Gasteiger partial charge in [0.15, 0.2) is 3.92 Å². The highest BCUT2D eigenvalue weighted by Crippen LogP contribution is 2.32. The fraction of sp³-hybridized carbons (Fsp3) is 0.111. The molecule has 90 valence electrons. The van der Waals surface area contributed by atoms with Crippen molar-refractivity contribution >= 4 is 27.3 Å². The highest BCUT2D eigenvalue weighted by Gasteiger charge is 2.30. The Kier molecular flexibility index (Phi) is 3.34. The Morgan fingerprint density at radius 2 is 1.76 bits per heavy atom. The average Bonchev–Trinajstić information content (AvgIpc) is 2.63. The van der Waals surface area contributed by atoms with Crippen LogP contribution in [-0.4, -0.2) is 10.2 Å². The number of ether oxygens (including phenoxy) is 1. The standard InChI is InChI=1S/C9H4BrF3N2OS/c10-7-14-15-8(17-7)16-6-3-1-5(2-4-6)9(11,12)13/h1-4H. The van der Waals surface area contributed by atoms with Crippen LogP contribution in [0.15, 0.2) is 28.2 Å². The van der Waals surface area contributed by atoms with Crippen molar-refractivity contribution in [2.24, 2.45) is 0 Å². The van der Waals surface area contributed by atoms with Gasteiger partial charge in [0.05, 0.1) is 5.56 Å². The van der Waals surface area contributed by atoms with E-state index in [-0.39, 0.29) is 10.9 Å². The minimum Gasteiger partial charge on any atom is -0.430 e. The predicted octanol–water partition coefficient (Wildman–Crippen LogP) is 4.11. The number of alkyl halides is 3. The molecular weight excluding hydrogens is 321 g/mol. The van der Waals surface area contributed by atoms with Gasteiger partial charge in [0.2, 0.25) is 0 Å². The van der Waals surface area contributed by atoms with E-state index in [1.54, 1.807) is 0 Å². The largest absolute Gasteiger partial charge is 0.430 e. The van der Waals surface area contributed by atoms with Crippen LogP contribution >= 0.6 is 27.3 Å². The van der Waals surface area contributed by atoms with E-state index < -0.39 is 11.7 Å². The highest BCUT2D eigenvalue weighted by atomic mass is 79.9. The molecule has 0 atom stereocenters. The monoisotopic (exact) mass is 324 g/mol. The zero-order chi connectivity index (χ0) is 12.5. The van der Waals surface area contributed by atoms with Gasteiger partial charge in [-0.15, -0.1) is 5.10 Å². The summed E-state index contributed by atoms with van der Waals surface area (Å²) in [5.74, 6) is 0.279. The Hall–Kier alpha value is -1.15. The molecule has 0 saturated carbocycles. The third kappa shape index (κ3) is 3.16. The van der Waals surface area contributed by atoms with E-state index in [4.69, 9.17) is 4.74 Å². The maximum absolute atomic E-state index is 12.3. The molecule has 0 radical (unpaired) electrons. The first-order chi connectivity index (χ1) is 7.95. The van der Waals surface area contributed by atoms with E-state index in [1.807, 2.05) is 0 Å². The smallest absolute Gasteiger partial charge is 0.416 e. The van der Waals surface area contributed by atoms with Crippen LogP contribution in [0, 0.1) is 0 Å². The first kappa shape index (κ1) is 12.3. The van der Waals surface area contributed by atoms with Crippen molar-refractivity contribution in [3.63, 3.8) is 0 Å². The summed E-state index contributed by atoms with van der Waals surface area (Å²) in [6.07, 6.45) is -4.34. The molecular formula is C9H4BrF3N2OS. The summed E-state index contributed by atoms with van der Waals surface area (Å²) in [4.78, 5) is 0. The SMILES string of the molecule is FC(F)(F)c1ccc(Oc2nnc(Br)s2)cc1. The quantitative estimate of drug-likeness (QED) is 0.833. The second kappa shape index (κ2) is 4.61. The Labute approximate surface area is 106 Å². The summed E-state index contributed by atoms with van der Waals surface area (Å²) in [5.41, 5.74) is -0.719. The molecule has 0 aliphatic carbocycles. The Bertz CT molecular complexity index is 512. The Morgan fingerprint density at radius 1 is 1.12 bits per heavy atom. The summed E-state index contributed by atoms with van der Waals surface area (Å²) in [6, 6.07) is 4.37. The molecule has 3 nitrogen and oxygen atoms in total. The fourth-order valence-electron chi connectivity index (χ4n) is 1.05. The van der Waals surface area contributed by atoms with E-state index in [2.05, 4.69) is 26.1 Å². The molecule has 0 aliphatic heterocycles. The van der Waals surface area contributed by atoms with Crippen LogP contribution < -0.4 is 4.74 Å². The van der Waals surface area contributed by atoms with E-state index in [9.17, 15) is 13.2 Å².